The summed E-state index contributed by atoms with van der Waals surface area (Å²) < 4.78 is 2.15. The quantitative estimate of drug-likeness (QED) is 0.0866. The Balaban J connectivity index is 1.13. The van der Waals surface area contributed by atoms with E-state index in [1.165, 1.54) is 11.6 Å². The molecule has 45 heavy (non-hydrogen) atoms. The highest BCUT2D eigenvalue weighted by Crippen LogP contribution is 2.27. The number of hydrogen-bond acceptors (Lipinski definition) is 7. The average molecular weight is 627 g/mol. The largest absolute Gasteiger partial charge is 0.339 e. The molecule has 0 N–H and O–H groups in total. The highest BCUT2D eigenvalue weighted by molar-refractivity contribution is 7.99. The van der Waals surface area contributed by atoms with Gasteiger partial charge in [-0.25, -0.2) is 0 Å². The first-order valence-electron chi connectivity index (χ1n) is 15.2. The zero-order chi connectivity index (χ0) is 31.9. The predicted octanol–water partition coefficient (Wildman–Crippen LogP) is 6.02. The van der Waals surface area contributed by atoms with Crippen LogP contribution in [0.15, 0.2) is 78.0 Å². The van der Waals surface area contributed by atoms with Crippen molar-refractivity contribution in [2.24, 2.45) is 0 Å². The Bertz CT molecular complexity index is 1670. The fraction of sp³-hybridized carbons (Fsp3) is 0.353. The molecule has 0 aliphatic carbocycles. The van der Waals surface area contributed by atoms with Crippen molar-refractivity contribution in [2.75, 3.05) is 25.4 Å². The van der Waals surface area contributed by atoms with Crippen LogP contribution in [0.5, 0.6) is 0 Å². The van der Waals surface area contributed by atoms with E-state index in [9.17, 15) is 19.7 Å². The summed E-state index contributed by atoms with van der Waals surface area (Å²) in [5.74, 6) is 1.53. The fourth-order valence-electron chi connectivity index (χ4n) is 5.63. The van der Waals surface area contributed by atoms with E-state index in [1.807, 2.05) is 42.2 Å². The topological polar surface area (TPSA) is 114 Å². The third-order valence-electron chi connectivity index (χ3n) is 8.17. The van der Waals surface area contributed by atoms with Crippen molar-refractivity contribution in [3.63, 3.8) is 0 Å². The summed E-state index contributed by atoms with van der Waals surface area (Å²) in [6.45, 7) is 6.93. The van der Waals surface area contributed by atoms with Gasteiger partial charge in [0.1, 0.15) is 5.82 Å². The van der Waals surface area contributed by atoms with Gasteiger partial charge in [-0.15, -0.1) is 10.2 Å². The lowest BCUT2D eigenvalue weighted by atomic mass is 10.1. The minimum Gasteiger partial charge on any atom is -0.339 e. The number of unbranched alkanes of at least 4 members (excludes halogenated alkanes) is 1. The number of rotatable bonds is 11. The van der Waals surface area contributed by atoms with Gasteiger partial charge in [0.15, 0.2) is 5.16 Å². The highest BCUT2D eigenvalue weighted by Gasteiger charge is 2.31. The number of aromatic nitrogens is 3. The molecule has 2 amide bonds. The maximum absolute atomic E-state index is 13.1. The van der Waals surface area contributed by atoms with Crippen LogP contribution >= 0.6 is 11.8 Å². The van der Waals surface area contributed by atoms with Crippen LogP contribution in [0.2, 0.25) is 0 Å². The molecule has 0 spiro atoms. The van der Waals surface area contributed by atoms with Crippen LogP contribution in [0.3, 0.4) is 0 Å². The lowest BCUT2D eigenvalue weighted by molar-refractivity contribution is -0.385. The Hall–Kier alpha value is -4.51. The van der Waals surface area contributed by atoms with Crippen molar-refractivity contribution in [3.8, 4) is 5.69 Å². The second-order valence-electron chi connectivity index (χ2n) is 11.4. The number of thioether (sulfide) groups is 1. The summed E-state index contributed by atoms with van der Waals surface area (Å²) in [5, 5.41) is 21.3. The average Bonchev–Trinajstić information content (AvgIpc) is 3.42. The minimum atomic E-state index is -0.469. The molecule has 1 unspecified atom stereocenters. The van der Waals surface area contributed by atoms with Gasteiger partial charge in [-0.3, -0.25) is 24.3 Å². The van der Waals surface area contributed by atoms with Crippen molar-refractivity contribution in [2.45, 2.75) is 57.7 Å². The van der Waals surface area contributed by atoms with Gasteiger partial charge in [0.2, 0.25) is 5.91 Å². The van der Waals surface area contributed by atoms with E-state index in [2.05, 4.69) is 46.0 Å². The molecule has 4 aromatic rings. The van der Waals surface area contributed by atoms with E-state index >= 15 is 0 Å². The number of carbonyl (C=O) groups is 2. The molecule has 3 aromatic carbocycles. The van der Waals surface area contributed by atoms with Gasteiger partial charge in [-0.2, -0.15) is 0 Å². The third-order valence-corrected chi connectivity index (χ3v) is 9.19. The fourth-order valence-corrected chi connectivity index (χ4v) is 6.60. The number of carbonyl (C=O) groups excluding carboxylic acids is 2. The van der Waals surface area contributed by atoms with E-state index in [0.717, 1.165) is 40.8 Å². The maximum atomic E-state index is 13.1. The number of aryl methyl sites for hydroxylation is 2. The molecule has 0 saturated carbocycles. The van der Waals surface area contributed by atoms with Crippen LogP contribution in [0.4, 0.5) is 5.69 Å². The molecule has 11 heteroatoms. The number of nitro benzene ring substituents is 1. The van der Waals surface area contributed by atoms with Crippen LogP contribution in [-0.4, -0.2) is 72.7 Å². The summed E-state index contributed by atoms with van der Waals surface area (Å²) in [4.78, 5) is 40.6. The second kappa shape index (κ2) is 14.5. The Labute approximate surface area is 267 Å². The molecule has 1 atom stereocenters. The zero-order valence-corrected chi connectivity index (χ0v) is 26.7. The first kappa shape index (κ1) is 31.9. The summed E-state index contributed by atoms with van der Waals surface area (Å²) in [5.41, 5.74) is 4.13. The smallest absolute Gasteiger partial charge is 0.273 e. The summed E-state index contributed by atoms with van der Waals surface area (Å²) >= 11 is 1.65. The lowest BCUT2D eigenvalue weighted by Gasteiger charge is -2.40. The van der Waals surface area contributed by atoms with Gasteiger partial charge in [0, 0.05) is 61.5 Å². The summed E-state index contributed by atoms with van der Waals surface area (Å²) in [6.07, 6.45) is 2.72. The molecular weight excluding hydrogens is 588 g/mol. The Morgan fingerprint density at radius 1 is 0.956 bits per heavy atom. The van der Waals surface area contributed by atoms with Crippen molar-refractivity contribution in [3.05, 3.63) is 111 Å². The predicted molar refractivity (Wildman–Crippen MR) is 175 cm³/mol. The standard InChI is InChI=1S/C34H38N6O4S/c1-24-11-7-8-14-29(24)39-31(21-27-12-5-4-6-13-27)35-36-34(39)45-20-10-9-15-32(41)37-18-19-38(26(3)23-37)33(42)28-17-16-25(2)30(22-28)40(43)44/h4-8,11-14,16-17,22,26H,9-10,15,18-21,23H2,1-3H3. The molecule has 0 radical (unpaired) electrons. The van der Waals surface area contributed by atoms with Crippen LogP contribution in [0, 0.1) is 24.0 Å². The third kappa shape index (κ3) is 7.59. The lowest BCUT2D eigenvalue weighted by Crippen LogP contribution is -2.55. The highest BCUT2D eigenvalue weighted by atomic mass is 32.2. The number of nitrogens with zero attached hydrogens (tertiary/aromatic N) is 6. The molecule has 5 rings (SSSR count). The monoisotopic (exact) mass is 626 g/mol. The van der Waals surface area contributed by atoms with Crippen molar-refractivity contribution in [1.82, 2.24) is 24.6 Å². The zero-order valence-electron chi connectivity index (χ0n) is 25.9. The van der Waals surface area contributed by atoms with Crippen molar-refractivity contribution in [1.29, 1.82) is 0 Å². The van der Waals surface area contributed by atoms with Crippen molar-refractivity contribution >= 4 is 29.3 Å². The Morgan fingerprint density at radius 2 is 1.71 bits per heavy atom. The molecule has 0 bridgehead atoms. The maximum Gasteiger partial charge on any atom is 0.273 e. The van der Waals surface area contributed by atoms with E-state index in [0.29, 0.717) is 43.6 Å². The normalized spacial score (nSPS) is 14.9. The molecule has 1 aliphatic rings. The van der Waals surface area contributed by atoms with Gasteiger partial charge in [-0.1, -0.05) is 66.4 Å². The molecule has 234 valence electrons. The number of benzene rings is 3. The van der Waals surface area contributed by atoms with E-state index in [1.54, 1.807) is 35.7 Å². The minimum absolute atomic E-state index is 0.0662. The SMILES string of the molecule is Cc1ccccc1-n1c(Cc2ccccc2)nnc1SCCCCC(=O)N1CCN(C(=O)c2ccc(C)c([N+](=O)[O-])c2)C(C)C1. The second-order valence-corrected chi connectivity index (χ2v) is 12.5. The molecule has 1 fully saturated rings. The van der Waals surface area contributed by atoms with Gasteiger partial charge >= 0.3 is 0 Å². The molecule has 1 aromatic heterocycles. The summed E-state index contributed by atoms with van der Waals surface area (Å²) in [7, 11) is 0. The Kier molecular flexibility index (Phi) is 10.3. The Morgan fingerprint density at radius 3 is 2.44 bits per heavy atom. The number of amides is 2. The van der Waals surface area contributed by atoms with E-state index in [4.69, 9.17) is 0 Å². The van der Waals surface area contributed by atoms with E-state index < -0.39 is 4.92 Å². The van der Waals surface area contributed by atoms with Crippen LogP contribution in [-0.2, 0) is 11.2 Å². The summed E-state index contributed by atoms with van der Waals surface area (Å²) in [6, 6.07) is 22.9. The van der Waals surface area contributed by atoms with Crippen LogP contribution < -0.4 is 0 Å². The first-order valence-corrected chi connectivity index (χ1v) is 16.2. The van der Waals surface area contributed by atoms with Gasteiger partial charge in [0.05, 0.1) is 10.6 Å². The molecule has 1 aliphatic heterocycles. The van der Waals surface area contributed by atoms with Crippen molar-refractivity contribution < 1.29 is 14.5 Å². The van der Waals surface area contributed by atoms with Gasteiger partial charge in [0.25, 0.3) is 11.6 Å². The molecule has 1 saturated heterocycles. The van der Waals surface area contributed by atoms with Gasteiger partial charge < -0.3 is 9.80 Å². The number of para-hydroxylation sites is 1. The van der Waals surface area contributed by atoms with Crippen LogP contribution in [0.1, 0.15) is 59.1 Å². The molecule has 10 nitrogen and oxygen atoms in total. The van der Waals surface area contributed by atoms with E-state index in [-0.39, 0.29) is 23.5 Å². The van der Waals surface area contributed by atoms with Crippen LogP contribution in [0.25, 0.3) is 5.69 Å². The van der Waals surface area contributed by atoms with Gasteiger partial charge in [-0.05, 0) is 56.9 Å². The number of nitro groups is 1. The number of hydrogen-bond donors (Lipinski definition) is 0. The molecular formula is C34H38N6O4S. The molecule has 2 heterocycles. The first-order chi connectivity index (χ1) is 21.7. The number of piperazine rings is 1.